The smallest absolute Gasteiger partial charge is 0.148 e. The predicted octanol–water partition coefficient (Wildman–Crippen LogP) is 2.76. The molecular formula is C13H23NO. The summed E-state index contributed by atoms with van der Waals surface area (Å²) in [5.74, 6) is 0.454. The number of likely N-dealkylation sites (tertiary alicyclic amines) is 1. The molecule has 0 atom stereocenters. The molecule has 0 aromatic carbocycles. The molecule has 1 saturated heterocycles. The van der Waals surface area contributed by atoms with Gasteiger partial charge in [0.25, 0.3) is 0 Å². The Balaban J connectivity index is 1.84. The molecule has 0 N–H and O–H groups in total. The van der Waals surface area contributed by atoms with Crippen LogP contribution in [0.3, 0.4) is 0 Å². The van der Waals surface area contributed by atoms with E-state index in [1.54, 1.807) is 0 Å². The van der Waals surface area contributed by atoms with Gasteiger partial charge in [-0.2, -0.15) is 0 Å². The molecule has 1 aliphatic carbocycles. The molecule has 0 bridgehead atoms. The molecule has 86 valence electrons. The van der Waals surface area contributed by atoms with Gasteiger partial charge >= 0.3 is 0 Å². The quantitative estimate of drug-likeness (QED) is 0.662. The zero-order valence-corrected chi connectivity index (χ0v) is 9.71. The van der Waals surface area contributed by atoms with E-state index in [1.807, 2.05) is 0 Å². The van der Waals surface area contributed by atoms with Crippen molar-refractivity contribution < 1.29 is 4.79 Å². The molecule has 1 aliphatic heterocycles. The highest BCUT2D eigenvalue weighted by Gasteiger charge is 2.25. The maximum Gasteiger partial charge on any atom is 0.148 e. The van der Waals surface area contributed by atoms with Gasteiger partial charge in [0.2, 0.25) is 0 Å². The number of nitrogens with zero attached hydrogens (tertiary/aromatic N) is 1. The summed E-state index contributed by atoms with van der Waals surface area (Å²) in [6.07, 6.45) is 11.8. The molecule has 2 rings (SSSR count). The fourth-order valence-electron chi connectivity index (χ4n) is 2.94. The third kappa shape index (κ3) is 3.30. The number of carbonyl (C=O) groups is 1. The van der Waals surface area contributed by atoms with Crippen LogP contribution in [-0.2, 0) is 4.79 Å². The summed E-state index contributed by atoms with van der Waals surface area (Å²) in [7, 11) is 0. The first-order valence-corrected chi connectivity index (χ1v) is 6.62. The summed E-state index contributed by atoms with van der Waals surface area (Å²) in [4.78, 5) is 13.7. The Morgan fingerprint density at radius 3 is 2.07 bits per heavy atom. The van der Waals surface area contributed by atoms with E-state index in [-0.39, 0.29) is 0 Å². The van der Waals surface area contributed by atoms with E-state index in [9.17, 15) is 4.79 Å². The van der Waals surface area contributed by atoms with E-state index in [0.717, 1.165) is 25.6 Å². The lowest BCUT2D eigenvalue weighted by Gasteiger charge is -2.26. The number of rotatable bonds is 1. The molecule has 2 heteroatoms. The van der Waals surface area contributed by atoms with E-state index < -0.39 is 0 Å². The monoisotopic (exact) mass is 209 g/mol. The first kappa shape index (κ1) is 11.1. The molecule has 2 nitrogen and oxygen atoms in total. The van der Waals surface area contributed by atoms with Crippen molar-refractivity contribution in [2.24, 2.45) is 0 Å². The number of hydrogen-bond donors (Lipinski definition) is 0. The Hall–Kier alpha value is -0.370. The van der Waals surface area contributed by atoms with Gasteiger partial charge in [-0.15, -0.1) is 0 Å². The summed E-state index contributed by atoms with van der Waals surface area (Å²) in [5.41, 5.74) is 0. The van der Waals surface area contributed by atoms with Gasteiger partial charge in [-0.3, -0.25) is 9.69 Å². The third-order valence-corrected chi connectivity index (χ3v) is 3.90. The molecule has 0 unspecified atom stereocenters. The van der Waals surface area contributed by atoms with Crippen molar-refractivity contribution >= 4 is 5.78 Å². The van der Waals surface area contributed by atoms with Crippen LogP contribution in [0.15, 0.2) is 0 Å². The summed E-state index contributed by atoms with van der Waals surface area (Å²) in [5, 5.41) is 0. The second-order valence-corrected chi connectivity index (χ2v) is 5.11. The van der Waals surface area contributed by atoms with Crippen molar-refractivity contribution in [1.82, 2.24) is 4.90 Å². The molecule has 0 aromatic rings. The third-order valence-electron chi connectivity index (χ3n) is 3.90. The summed E-state index contributed by atoms with van der Waals surface area (Å²) >= 11 is 0. The van der Waals surface area contributed by atoms with Crippen LogP contribution in [0, 0.1) is 0 Å². The van der Waals surface area contributed by atoms with Gasteiger partial charge in [0.15, 0.2) is 0 Å². The predicted molar refractivity (Wildman–Crippen MR) is 61.9 cm³/mol. The summed E-state index contributed by atoms with van der Waals surface area (Å²) in [6, 6.07) is 0.717. The van der Waals surface area contributed by atoms with Crippen LogP contribution >= 0.6 is 0 Å². The highest BCUT2D eigenvalue weighted by molar-refractivity contribution is 5.82. The van der Waals surface area contributed by atoms with E-state index in [1.165, 1.54) is 51.4 Å². The first-order valence-electron chi connectivity index (χ1n) is 6.62. The first-order chi connectivity index (χ1) is 7.36. The van der Waals surface area contributed by atoms with Gasteiger partial charge in [-0.05, 0) is 12.8 Å². The Morgan fingerprint density at radius 1 is 0.933 bits per heavy atom. The molecule has 0 aromatic heterocycles. The van der Waals surface area contributed by atoms with Gasteiger partial charge in [0, 0.05) is 19.0 Å². The van der Waals surface area contributed by atoms with Crippen molar-refractivity contribution in [3.63, 3.8) is 0 Å². The lowest BCUT2D eigenvalue weighted by molar-refractivity contribution is -0.117. The second-order valence-electron chi connectivity index (χ2n) is 5.11. The van der Waals surface area contributed by atoms with Crippen molar-refractivity contribution in [3.8, 4) is 0 Å². The molecule has 15 heavy (non-hydrogen) atoms. The number of Topliss-reactive ketones (excluding diaryl/α,β-unsaturated/α-hetero) is 1. The normalized spacial score (nSPS) is 27.3. The van der Waals surface area contributed by atoms with Crippen LogP contribution in [0.25, 0.3) is 0 Å². The van der Waals surface area contributed by atoms with E-state index in [4.69, 9.17) is 0 Å². The van der Waals surface area contributed by atoms with Gasteiger partial charge in [-0.1, -0.05) is 38.5 Å². The second kappa shape index (κ2) is 5.64. The van der Waals surface area contributed by atoms with Crippen LogP contribution in [-0.4, -0.2) is 29.8 Å². The minimum atomic E-state index is 0.454. The highest BCUT2D eigenvalue weighted by atomic mass is 16.1. The van der Waals surface area contributed by atoms with Crippen LogP contribution in [0.2, 0.25) is 0 Å². The van der Waals surface area contributed by atoms with Crippen molar-refractivity contribution in [2.45, 2.75) is 63.8 Å². The maximum atomic E-state index is 11.3. The molecule has 2 aliphatic rings. The Morgan fingerprint density at radius 2 is 1.53 bits per heavy atom. The van der Waals surface area contributed by atoms with E-state index in [0.29, 0.717) is 5.78 Å². The number of carbonyl (C=O) groups excluding carboxylic acids is 1. The highest BCUT2D eigenvalue weighted by Crippen LogP contribution is 2.23. The Labute approximate surface area is 93.0 Å². The lowest BCUT2D eigenvalue weighted by atomic mass is 10.0. The van der Waals surface area contributed by atoms with Crippen LogP contribution in [0.4, 0.5) is 0 Å². The maximum absolute atomic E-state index is 11.3. The Kier molecular flexibility index (Phi) is 4.18. The standard InChI is InChI=1S/C13H23NO/c15-13-9-10-14(11-13)12-7-5-3-1-2-4-6-8-12/h12H,1-11H2. The molecule has 0 amide bonds. The summed E-state index contributed by atoms with van der Waals surface area (Å²) in [6.45, 7) is 1.77. The van der Waals surface area contributed by atoms with Crippen LogP contribution in [0.5, 0.6) is 0 Å². The zero-order chi connectivity index (χ0) is 10.5. The van der Waals surface area contributed by atoms with Crippen molar-refractivity contribution in [3.05, 3.63) is 0 Å². The van der Waals surface area contributed by atoms with Crippen molar-refractivity contribution in [2.75, 3.05) is 13.1 Å². The number of hydrogen-bond acceptors (Lipinski definition) is 2. The minimum absolute atomic E-state index is 0.454. The van der Waals surface area contributed by atoms with Crippen LogP contribution < -0.4 is 0 Å². The lowest BCUT2D eigenvalue weighted by Crippen LogP contribution is -2.33. The van der Waals surface area contributed by atoms with E-state index >= 15 is 0 Å². The largest absolute Gasteiger partial charge is 0.298 e. The topological polar surface area (TPSA) is 20.3 Å². The average Bonchev–Trinajstić information content (AvgIpc) is 2.69. The summed E-state index contributed by atoms with van der Waals surface area (Å²) < 4.78 is 0. The number of ketones is 1. The molecule has 1 saturated carbocycles. The molecule has 2 fully saturated rings. The average molecular weight is 209 g/mol. The fraction of sp³-hybridized carbons (Fsp3) is 0.923. The Bertz CT molecular complexity index is 205. The van der Waals surface area contributed by atoms with E-state index in [2.05, 4.69) is 4.90 Å². The SMILES string of the molecule is O=C1CCN(C2CCCCCCCC2)C1. The molecule has 0 radical (unpaired) electrons. The van der Waals surface area contributed by atoms with Gasteiger partial charge in [0.1, 0.15) is 5.78 Å². The minimum Gasteiger partial charge on any atom is -0.298 e. The van der Waals surface area contributed by atoms with Gasteiger partial charge in [0.05, 0.1) is 6.54 Å². The molecular weight excluding hydrogens is 186 g/mol. The molecule has 1 heterocycles. The molecule has 0 spiro atoms. The van der Waals surface area contributed by atoms with Gasteiger partial charge in [-0.25, -0.2) is 0 Å². The van der Waals surface area contributed by atoms with Gasteiger partial charge < -0.3 is 0 Å². The van der Waals surface area contributed by atoms with Crippen LogP contribution in [0.1, 0.15) is 57.8 Å². The van der Waals surface area contributed by atoms with Crippen molar-refractivity contribution in [1.29, 1.82) is 0 Å². The zero-order valence-electron chi connectivity index (χ0n) is 9.71. The fourth-order valence-corrected chi connectivity index (χ4v) is 2.94.